The molecule has 0 spiro atoms. The molecule has 0 saturated heterocycles. The van der Waals surface area contributed by atoms with Crippen molar-refractivity contribution in [3.63, 3.8) is 0 Å². The van der Waals surface area contributed by atoms with Crippen molar-refractivity contribution in [3.8, 4) is 0 Å². The predicted molar refractivity (Wildman–Crippen MR) is 68.7 cm³/mol. The van der Waals surface area contributed by atoms with Crippen LogP contribution in [0, 0.1) is 0 Å². The number of benzene rings is 1. The molecule has 0 amide bonds. The quantitative estimate of drug-likeness (QED) is 0.576. The lowest BCUT2D eigenvalue weighted by molar-refractivity contribution is -0.118. The average Bonchev–Trinajstić information content (AvgIpc) is 2.29. The van der Waals surface area contributed by atoms with Crippen molar-refractivity contribution in [3.05, 3.63) is 35.9 Å². The van der Waals surface area contributed by atoms with Crippen LogP contribution in [0.4, 0.5) is 0 Å². The maximum Gasteiger partial charge on any atom is 0.132 e. The molecule has 0 aliphatic carbocycles. The van der Waals surface area contributed by atoms with Gasteiger partial charge in [0.05, 0.1) is 5.16 Å². The lowest BCUT2D eigenvalue weighted by atomic mass is 9.83. The Morgan fingerprint density at radius 2 is 2.06 bits per heavy atom. The van der Waals surface area contributed by atoms with Gasteiger partial charge in [0.1, 0.15) is 11.3 Å². The predicted octanol–water partition coefficient (Wildman–Crippen LogP) is 3.37. The number of aliphatic imine (C=N–C) groups is 1. The number of carbonyl (C=O) groups is 1. The maximum atomic E-state index is 11.3. The van der Waals surface area contributed by atoms with Gasteiger partial charge in [-0.2, -0.15) is 0 Å². The zero-order valence-electron chi connectivity index (χ0n) is 9.56. The highest BCUT2D eigenvalue weighted by Gasteiger charge is 2.30. The Morgan fingerprint density at radius 1 is 1.44 bits per heavy atom. The molecule has 16 heavy (non-hydrogen) atoms. The second kappa shape index (κ2) is 5.69. The molecule has 0 aliphatic rings. The molecule has 0 radical (unpaired) electrons. The molecule has 1 unspecified atom stereocenters. The Hall–Kier alpha value is -1.31. The van der Waals surface area contributed by atoms with E-state index in [1.165, 1.54) is 0 Å². The van der Waals surface area contributed by atoms with Crippen molar-refractivity contribution in [1.29, 1.82) is 0 Å². The molecule has 0 N–H and O–H groups in total. The summed E-state index contributed by atoms with van der Waals surface area (Å²) in [6.07, 6.45) is 1.11. The van der Waals surface area contributed by atoms with E-state index in [1.54, 1.807) is 6.92 Å². The van der Waals surface area contributed by atoms with Gasteiger partial charge in [-0.3, -0.25) is 4.79 Å². The Kier molecular flexibility index (Phi) is 4.53. The molecule has 84 valence electrons. The SMILES string of the molecule is CCC(CC(C)=O)(N=C=S)c1ccccc1. The highest BCUT2D eigenvalue weighted by Crippen LogP contribution is 2.33. The number of hydrogen-bond donors (Lipinski definition) is 0. The largest absolute Gasteiger partial charge is 0.300 e. The van der Waals surface area contributed by atoms with Gasteiger partial charge in [0.15, 0.2) is 0 Å². The molecule has 0 heterocycles. The summed E-state index contributed by atoms with van der Waals surface area (Å²) in [5, 5.41) is 2.42. The Balaban J connectivity index is 3.22. The van der Waals surface area contributed by atoms with Gasteiger partial charge in [0.2, 0.25) is 0 Å². The van der Waals surface area contributed by atoms with Crippen molar-refractivity contribution in [1.82, 2.24) is 0 Å². The summed E-state index contributed by atoms with van der Waals surface area (Å²) in [6, 6.07) is 9.78. The zero-order chi connectivity index (χ0) is 12.0. The molecule has 1 aromatic carbocycles. The van der Waals surface area contributed by atoms with Crippen LogP contribution in [-0.2, 0) is 10.3 Å². The van der Waals surface area contributed by atoms with Crippen LogP contribution < -0.4 is 0 Å². The molecular weight excluding hydrogens is 218 g/mol. The fraction of sp³-hybridized carbons (Fsp3) is 0.385. The normalized spacial score (nSPS) is 13.6. The van der Waals surface area contributed by atoms with Crippen LogP contribution in [-0.4, -0.2) is 10.9 Å². The van der Waals surface area contributed by atoms with Gasteiger partial charge in [-0.15, -0.1) is 0 Å². The van der Waals surface area contributed by atoms with Gasteiger partial charge in [-0.05, 0) is 31.1 Å². The zero-order valence-corrected chi connectivity index (χ0v) is 10.4. The minimum atomic E-state index is -0.533. The van der Waals surface area contributed by atoms with E-state index in [0.717, 1.165) is 12.0 Å². The number of hydrogen-bond acceptors (Lipinski definition) is 3. The van der Waals surface area contributed by atoms with Crippen LogP contribution in [0.15, 0.2) is 35.3 Å². The Morgan fingerprint density at radius 3 is 2.50 bits per heavy atom. The highest BCUT2D eigenvalue weighted by atomic mass is 32.1. The van der Waals surface area contributed by atoms with Crippen molar-refractivity contribution >= 4 is 23.2 Å². The minimum Gasteiger partial charge on any atom is -0.300 e. The highest BCUT2D eigenvalue weighted by molar-refractivity contribution is 7.78. The maximum absolute atomic E-state index is 11.3. The second-order valence-electron chi connectivity index (χ2n) is 3.83. The molecule has 0 aliphatic heterocycles. The third-order valence-corrected chi connectivity index (χ3v) is 2.79. The van der Waals surface area contributed by atoms with E-state index < -0.39 is 5.54 Å². The van der Waals surface area contributed by atoms with Gasteiger partial charge in [-0.25, -0.2) is 4.99 Å². The second-order valence-corrected chi connectivity index (χ2v) is 4.02. The Bertz CT molecular complexity index is 409. The van der Waals surface area contributed by atoms with E-state index in [4.69, 9.17) is 12.2 Å². The standard InChI is InChI=1S/C13H15NOS/c1-3-13(14-10-16,9-11(2)15)12-7-5-4-6-8-12/h4-8H,3,9H2,1-2H3. The number of thiocarbonyl (C=S) groups is 1. The summed E-state index contributed by atoms with van der Waals surface area (Å²) in [5.74, 6) is 0.111. The number of Topliss-reactive ketones (excluding diaryl/α,β-unsaturated/α-hetero) is 1. The van der Waals surface area contributed by atoms with E-state index in [2.05, 4.69) is 10.2 Å². The van der Waals surface area contributed by atoms with Crippen LogP contribution in [0.25, 0.3) is 0 Å². The third kappa shape index (κ3) is 2.84. The number of isothiocyanates is 1. The van der Waals surface area contributed by atoms with E-state index in [-0.39, 0.29) is 5.78 Å². The van der Waals surface area contributed by atoms with Crippen LogP contribution in [0.3, 0.4) is 0 Å². The fourth-order valence-electron chi connectivity index (χ4n) is 1.86. The topological polar surface area (TPSA) is 29.4 Å². The van der Waals surface area contributed by atoms with Crippen LogP contribution in [0.1, 0.15) is 32.3 Å². The minimum absolute atomic E-state index is 0.111. The monoisotopic (exact) mass is 233 g/mol. The van der Waals surface area contributed by atoms with E-state index >= 15 is 0 Å². The third-order valence-electron chi connectivity index (χ3n) is 2.70. The summed E-state index contributed by atoms with van der Waals surface area (Å²) in [7, 11) is 0. The average molecular weight is 233 g/mol. The van der Waals surface area contributed by atoms with Crippen molar-refractivity contribution in [2.45, 2.75) is 32.2 Å². The first-order valence-corrected chi connectivity index (χ1v) is 5.69. The number of ketones is 1. The smallest absolute Gasteiger partial charge is 0.132 e. The van der Waals surface area contributed by atoms with Crippen LogP contribution in [0.2, 0.25) is 0 Å². The van der Waals surface area contributed by atoms with Crippen LogP contribution >= 0.6 is 12.2 Å². The molecule has 2 nitrogen and oxygen atoms in total. The molecule has 0 fully saturated rings. The summed E-state index contributed by atoms with van der Waals surface area (Å²) < 4.78 is 0. The molecule has 0 bridgehead atoms. The van der Waals surface area contributed by atoms with Crippen molar-refractivity contribution in [2.75, 3.05) is 0 Å². The van der Waals surface area contributed by atoms with Gasteiger partial charge in [0, 0.05) is 6.42 Å². The first-order chi connectivity index (χ1) is 7.64. The lowest BCUT2D eigenvalue weighted by Gasteiger charge is -2.26. The molecule has 0 aromatic heterocycles. The van der Waals surface area contributed by atoms with Crippen LogP contribution in [0.5, 0.6) is 0 Å². The number of nitrogens with zero attached hydrogens (tertiary/aromatic N) is 1. The number of carbonyl (C=O) groups excluding carboxylic acids is 1. The summed E-state index contributed by atoms with van der Waals surface area (Å²) in [5.41, 5.74) is 0.486. The van der Waals surface area contributed by atoms with Crippen molar-refractivity contribution in [2.24, 2.45) is 4.99 Å². The molecular formula is C13H15NOS. The lowest BCUT2D eigenvalue weighted by Crippen LogP contribution is -2.25. The molecule has 0 saturated carbocycles. The fourth-order valence-corrected chi connectivity index (χ4v) is 2.04. The molecule has 1 atom stereocenters. The van der Waals surface area contributed by atoms with Gasteiger partial charge in [-0.1, -0.05) is 37.3 Å². The Labute approximate surface area is 101 Å². The van der Waals surface area contributed by atoms with E-state index in [0.29, 0.717) is 6.42 Å². The molecule has 1 rings (SSSR count). The first kappa shape index (κ1) is 12.8. The first-order valence-electron chi connectivity index (χ1n) is 5.28. The number of rotatable bonds is 5. The van der Waals surface area contributed by atoms with E-state index in [9.17, 15) is 4.79 Å². The van der Waals surface area contributed by atoms with Gasteiger partial charge >= 0.3 is 0 Å². The summed E-state index contributed by atoms with van der Waals surface area (Å²) in [6.45, 7) is 3.58. The van der Waals surface area contributed by atoms with Crippen molar-refractivity contribution < 1.29 is 4.79 Å². The molecule has 1 aromatic rings. The van der Waals surface area contributed by atoms with E-state index in [1.807, 2.05) is 37.3 Å². The summed E-state index contributed by atoms with van der Waals surface area (Å²) >= 11 is 4.69. The van der Waals surface area contributed by atoms with Gasteiger partial charge < -0.3 is 0 Å². The summed E-state index contributed by atoms with van der Waals surface area (Å²) in [4.78, 5) is 15.6. The van der Waals surface area contributed by atoms with Gasteiger partial charge in [0.25, 0.3) is 0 Å². The molecule has 3 heteroatoms.